The van der Waals surface area contributed by atoms with E-state index in [-0.39, 0.29) is 6.04 Å². The highest BCUT2D eigenvalue weighted by molar-refractivity contribution is 14.1. The Morgan fingerprint density at radius 1 is 1.15 bits per heavy atom. The van der Waals surface area contributed by atoms with Gasteiger partial charge in [0.1, 0.15) is 5.75 Å². The van der Waals surface area contributed by atoms with Crippen molar-refractivity contribution in [3.05, 3.63) is 62.7 Å². The number of halogens is 1. The fourth-order valence-electron chi connectivity index (χ4n) is 2.22. The zero-order valence-electron chi connectivity index (χ0n) is 11.5. The fraction of sp³-hybridized carbons (Fsp3) is 0.294. The van der Waals surface area contributed by atoms with Gasteiger partial charge in [0.15, 0.2) is 0 Å². The first kappa shape index (κ1) is 13.9. The maximum Gasteiger partial charge on any atom is 0.119 e. The van der Waals surface area contributed by atoms with Crippen LogP contribution in [0.1, 0.15) is 35.6 Å². The Hall–Kier alpha value is -1.07. The molecule has 2 N–H and O–H groups in total. The van der Waals surface area contributed by atoms with Crippen LogP contribution in [0.5, 0.6) is 5.75 Å². The van der Waals surface area contributed by atoms with Gasteiger partial charge in [-0.05, 0) is 71.2 Å². The summed E-state index contributed by atoms with van der Waals surface area (Å²) in [6, 6.07) is 14.4. The predicted molar refractivity (Wildman–Crippen MR) is 90.0 cm³/mol. The Labute approximate surface area is 133 Å². The molecule has 0 aromatic heterocycles. The molecule has 0 heterocycles. The van der Waals surface area contributed by atoms with Gasteiger partial charge >= 0.3 is 0 Å². The summed E-state index contributed by atoms with van der Waals surface area (Å²) in [7, 11) is 0. The van der Waals surface area contributed by atoms with Crippen molar-refractivity contribution in [1.82, 2.24) is 0 Å². The smallest absolute Gasteiger partial charge is 0.119 e. The topological polar surface area (TPSA) is 35.2 Å². The predicted octanol–water partition coefficient (Wildman–Crippen LogP) is 4.19. The third kappa shape index (κ3) is 2.99. The Morgan fingerprint density at radius 2 is 1.85 bits per heavy atom. The summed E-state index contributed by atoms with van der Waals surface area (Å²) in [6.45, 7) is 2.12. The van der Waals surface area contributed by atoms with Crippen molar-refractivity contribution in [1.29, 1.82) is 0 Å². The summed E-state index contributed by atoms with van der Waals surface area (Å²) in [5, 5.41) is 0. The van der Waals surface area contributed by atoms with Gasteiger partial charge in [-0.2, -0.15) is 0 Å². The molecule has 3 rings (SSSR count). The summed E-state index contributed by atoms with van der Waals surface area (Å²) in [4.78, 5) is 0. The largest absolute Gasteiger partial charge is 0.490 e. The lowest BCUT2D eigenvalue weighted by molar-refractivity contribution is 0.303. The van der Waals surface area contributed by atoms with Crippen LogP contribution < -0.4 is 10.5 Å². The van der Waals surface area contributed by atoms with Crippen LogP contribution in [-0.2, 0) is 0 Å². The molecule has 0 amide bonds. The highest BCUT2D eigenvalue weighted by Crippen LogP contribution is 2.30. The SMILES string of the molecule is Cc1cccc(C(N)c2ccc(OC3CC3)cc2)c1I. The standard InChI is InChI=1S/C17H18INO/c1-11-3-2-4-15(16(11)18)17(19)12-5-7-13(8-6-12)20-14-9-10-14/h2-8,14,17H,9-10,19H2,1H3. The van der Waals surface area contributed by atoms with Gasteiger partial charge in [0.25, 0.3) is 0 Å². The van der Waals surface area contributed by atoms with E-state index in [1.807, 2.05) is 12.1 Å². The monoisotopic (exact) mass is 379 g/mol. The third-order valence-corrected chi connectivity index (χ3v) is 5.10. The molecule has 104 valence electrons. The molecule has 2 nitrogen and oxygen atoms in total. The summed E-state index contributed by atoms with van der Waals surface area (Å²) >= 11 is 2.37. The second-order valence-corrected chi connectivity index (χ2v) is 6.42. The van der Waals surface area contributed by atoms with Gasteiger partial charge in [-0.1, -0.05) is 30.3 Å². The Bertz CT molecular complexity index is 605. The second kappa shape index (κ2) is 5.74. The van der Waals surface area contributed by atoms with E-state index in [1.165, 1.54) is 27.5 Å². The van der Waals surface area contributed by atoms with Crippen LogP contribution in [-0.4, -0.2) is 6.10 Å². The number of nitrogens with two attached hydrogens (primary N) is 1. The lowest BCUT2D eigenvalue weighted by Gasteiger charge is -2.16. The number of rotatable bonds is 4. The summed E-state index contributed by atoms with van der Waals surface area (Å²) in [6.07, 6.45) is 2.80. The van der Waals surface area contributed by atoms with Crippen molar-refractivity contribution in [2.75, 3.05) is 0 Å². The van der Waals surface area contributed by atoms with E-state index >= 15 is 0 Å². The van der Waals surface area contributed by atoms with Crippen molar-refractivity contribution in [2.24, 2.45) is 5.73 Å². The Balaban J connectivity index is 1.82. The molecule has 0 saturated heterocycles. The van der Waals surface area contributed by atoms with E-state index in [1.54, 1.807) is 0 Å². The number of aryl methyl sites for hydroxylation is 1. The molecule has 2 aromatic rings. The normalized spacial score (nSPS) is 15.9. The van der Waals surface area contributed by atoms with Crippen LogP contribution in [0.25, 0.3) is 0 Å². The number of ether oxygens (including phenoxy) is 1. The maximum atomic E-state index is 6.40. The van der Waals surface area contributed by atoms with Crippen LogP contribution >= 0.6 is 22.6 Å². The van der Waals surface area contributed by atoms with E-state index in [4.69, 9.17) is 10.5 Å². The minimum atomic E-state index is -0.0863. The van der Waals surface area contributed by atoms with Crippen molar-refractivity contribution in [2.45, 2.75) is 31.9 Å². The molecule has 1 unspecified atom stereocenters. The molecule has 1 aliphatic carbocycles. The first-order valence-electron chi connectivity index (χ1n) is 6.92. The first-order valence-corrected chi connectivity index (χ1v) is 8.00. The Kier molecular flexibility index (Phi) is 3.98. The van der Waals surface area contributed by atoms with Gasteiger partial charge in [0.05, 0.1) is 12.1 Å². The van der Waals surface area contributed by atoms with Gasteiger partial charge in [-0.25, -0.2) is 0 Å². The molecule has 1 atom stereocenters. The minimum Gasteiger partial charge on any atom is -0.490 e. The summed E-state index contributed by atoms with van der Waals surface area (Å²) < 4.78 is 7.01. The van der Waals surface area contributed by atoms with E-state index in [0.29, 0.717) is 6.10 Å². The fourth-order valence-corrected chi connectivity index (χ4v) is 2.92. The first-order chi connectivity index (χ1) is 9.65. The third-order valence-electron chi connectivity index (χ3n) is 3.62. The van der Waals surface area contributed by atoms with Gasteiger partial charge in [-0.3, -0.25) is 0 Å². The number of hydrogen-bond donors (Lipinski definition) is 1. The second-order valence-electron chi connectivity index (χ2n) is 5.34. The van der Waals surface area contributed by atoms with Crippen LogP contribution in [0, 0.1) is 10.5 Å². The zero-order chi connectivity index (χ0) is 14.1. The van der Waals surface area contributed by atoms with E-state index < -0.39 is 0 Å². The van der Waals surface area contributed by atoms with Gasteiger partial charge < -0.3 is 10.5 Å². The molecule has 0 bridgehead atoms. The van der Waals surface area contributed by atoms with E-state index in [9.17, 15) is 0 Å². The quantitative estimate of drug-likeness (QED) is 0.809. The maximum absolute atomic E-state index is 6.40. The van der Waals surface area contributed by atoms with E-state index in [2.05, 4.69) is 59.8 Å². The van der Waals surface area contributed by atoms with Crippen LogP contribution in [0.15, 0.2) is 42.5 Å². The number of benzene rings is 2. The van der Waals surface area contributed by atoms with Crippen LogP contribution in [0.4, 0.5) is 0 Å². The average molecular weight is 379 g/mol. The van der Waals surface area contributed by atoms with Crippen molar-refractivity contribution < 1.29 is 4.74 Å². The van der Waals surface area contributed by atoms with Gasteiger partial charge in [-0.15, -0.1) is 0 Å². The number of hydrogen-bond acceptors (Lipinski definition) is 2. The van der Waals surface area contributed by atoms with Crippen LogP contribution in [0.3, 0.4) is 0 Å². The molecule has 0 aliphatic heterocycles. The molecule has 0 spiro atoms. The molecular formula is C17H18INO. The molecule has 0 radical (unpaired) electrons. The highest BCUT2D eigenvalue weighted by Gasteiger charge is 2.23. The van der Waals surface area contributed by atoms with Crippen molar-refractivity contribution in [3.63, 3.8) is 0 Å². The van der Waals surface area contributed by atoms with Crippen LogP contribution in [0.2, 0.25) is 0 Å². The molecule has 1 saturated carbocycles. The zero-order valence-corrected chi connectivity index (χ0v) is 13.6. The molecule has 3 heteroatoms. The van der Waals surface area contributed by atoms with Crippen molar-refractivity contribution in [3.8, 4) is 5.75 Å². The Morgan fingerprint density at radius 3 is 2.50 bits per heavy atom. The van der Waals surface area contributed by atoms with E-state index in [0.717, 1.165) is 11.3 Å². The summed E-state index contributed by atoms with van der Waals surface area (Å²) in [5.41, 5.74) is 9.98. The average Bonchev–Trinajstić information content (AvgIpc) is 3.26. The molecule has 20 heavy (non-hydrogen) atoms. The molecular weight excluding hydrogens is 361 g/mol. The molecule has 1 fully saturated rings. The lowest BCUT2D eigenvalue weighted by atomic mass is 9.98. The molecule has 1 aliphatic rings. The summed E-state index contributed by atoms with van der Waals surface area (Å²) in [5.74, 6) is 0.947. The van der Waals surface area contributed by atoms with Crippen molar-refractivity contribution >= 4 is 22.6 Å². The van der Waals surface area contributed by atoms with Gasteiger partial charge in [0, 0.05) is 3.57 Å². The lowest BCUT2D eigenvalue weighted by Crippen LogP contribution is -2.13. The minimum absolute atomic E-state index is 0.0863. The highest BCUT2D eigenvalue weighted by atomic mass is 127. The molecule has 2 aromatic carbocycles. The van der Waals surface area contributed by atoms with Gasteiger partial charge in [0.2, 0.25) is 0 Å².